The van der Waals surface area contributed by atoms with Crippen LogP contribution in [-0.4, -0.2) is 19.7 Å². The zero-order chi connectivity index (χ0) is 13.1. The summed E-state index contributed by atoms with van der Waals surface area (Å²) in [5.74, 6) is 1.08. The molecule has 0 unspecified atom stereocenters. The second-order valence-electron chi connectivity index (χ2n) is 3.52. The van der Waals surface area contributed by atoms with Crippen LogP contribution in [0.15, 0.2) is 24.5 Å². The Balaban J connectivity index is 2.09. The van der Waals surface area contributed by atoms with E-state index in [4.69, 9.17) is 16.3 Å². The molecule has 7 nitrogen and oxygen atoms in total. The number of aryl methyl sites for hydroxylation is 1. The number of ether oxygens (including phenoxy) is 1. The zero-order valence-corrected chi connectivity index (χ0v) is 10.2. The van der Waals surface area contributed by atoms with Crippen LogP contribution in [0.1, 0.15) is 5.82 Å². The van der Waals surface area contributed by atoms with Gasteiger partial charge in [0.05, 0.1) is 4.92 Å². The minimum absolute atomic E-state index is 0.0375. The number of hydrogen-bond donors (Lipinski definition) is 0. The van der Waals surface area contributed by atoms with Gasteiger partial charge >= 0.3 is 0 Å². The highest BCUT2D eigenvalue weighted by molar-refractivity contribution is 6.32. The molecule has 0 atom stereocenters. The summed E-state index contributed by atoms with van der Waals surface area (Å²) in [4.78, 5) is 10.0. The molecule has 2 rings (SSSR count). The third kappa shape index (κ3) is 2.57. The highest BCUT2D eigenvalue weighted by atomic mass is 35.5. The Morgan fingerprint density at radius 3 is 2.89 bits per heavy atom. The molecule has 0 aliphatic rings. The first-order chi connectivity index (χ1) is 8.58. The molecule has 0 amide bonds. The first-order valence-corrected chi connectivity index (χ1v) is 5.35. The number of rotatable bonds is 4. The fourth-order valence-electron chi connectivity index (χ4n) is 1.31. The Morgan fingerprint density at radius 2 is 2.33 bits per heavy atom. The number of aromatic nitrogens is 3. The molecule has 18 heavy (non-hydrogen) atoms. The van der Waals surface area contributed by atoms with Crippen molar-refractivity contribution in [2.24, 2.45) is 7.05 Å². The minimum atomic E-state index is -0.547. The summed E-state index contributed by atoms with van der Waals surface area (Å²) >= 11 is 5.76. The van der Waals surface area contributed by atoms with Crippen molar-refractivity contribution in [1.29, 1.82) is 0 Å². The summed E-state index contributed by atoms with van der Waals surface area (Å²) in [5.41, 5.74) is -0.150. The molecule has 0 spiro atoms. The first kappa shape index (κ1) is 12.3. The Hall–Kier alpha value is -2.15. The molecule has 8 heteroatoms. The lowest BCUT2D eigenvalue weighted by atomic mass is 10.3. The molecule has 0 bridgehead atoms. The molecule has 0 fully saturated rings. The van der Waals surface area contributed by atoms with Crippen molar-refractivity contribution < 1.29 is 9.66 Å². The molecule has 1 aromatic carbocycles. The maximum Gasteiger partial charge on any atom is 0.288 e. The van der Waals surface area contributed by atoms with Crippen molar-refractivity contribution in [2.45, 2.75) is 6.61 Å². The average molecular weight is 269 g/mol. The van der Waals surface area contributed by atoms with E-state index in [2.05, 4.69) is 10.2 Å². The van der Waals surface area contributed by atoms with Crippen LogP contribution >= 0.6 is 11.6 Å². The zero-order valence-electron chi connectivity index (χ0n) is 9.41. The minimum Gasteiger partial charge on any atom is -0.486 e. The summed E-state index contributed by atoms with van der Waals surface area (Å²) in [6.45, 7) is 0.213. The van der Waals surface area contributed by atoms with Gasteiger partial charge in [-0.25, -0.2) is 0 Å². The summed E-state index contributed by atoms with van der Waals surface area (Å²) in [5, 5.41) is 18.2. The smallest absolute Gasteiger partial charge is 0.288 e. The lowest BCUT2D eigenvalue weighted by molar-refractivity contribution is -0.384. The third-order valence-corrected chi connectivity index (χ3v) is 2.59. The van der Waals surface area contributed by atoms with Gasteiger partial charge in [0.25, 0.3) is 5.69 Å². The van der Waals surface area contributed by atoms with Crippen molar-refractivity contribution in [3.05, 3.63) is 45.5 Å². The fraction of sp³-hybridized carbons (Fsp3) is 0.200. The van der Waals surface area contributed by atoms with Crippen LogP contribution in [0.2, 0.25) is 5.02 Å². The van der Waals surface area contributed by atoms with Gasteiger partial charge in [0, 0.05) is 19.2 Å². The summed E-state index contributed by atoms with van der Waals surface area (Å²) < 4.78 is 7.13. The van der Waals surface area contributed by atoms with Gasteiger partial charge in [-0.2, -0.15) is 0 Å². The van der Waals surface area contributed by atoms with E-state index in [9.17, 15) is 10.1 Å². The number of halogens is 1. The second-order valence-corrected chi connectivity index (χ2v) is 3.92. The van der Waals surface area contributed by atoms with E-state index in [0.29, 0.717) is 11.6 Å². The molecule has 1 aromatic heterocycles. The van der Waals surface area contributed by atoms with Crippen LogP contribution in [0.3, 0.4) is 0 Å². The maximum atomic E-state index is 10.6. The Morgan fingerprint density at radius 1 is 1.56 bits per heavy atom. The highest BCUT2D eigenvalue weighted by Gasteiger charge is 2.12. The Kier molecular flexibility index (Phi) is 3.42. The maximum absolute atomic E-state index is 10.6. The number of nitro groups is 1. The molecule has 2 aromatic rings. The van der Waals surface area contributed by atoms with Crippen LogP contribution in [-0.2, 0) is 13.7 Å². The topological polar surface area (TPSA) is 83.1 Å². The monoisotopic (exact) mass is 268 g/mol. The number of benzene rings is 1. The van der Waals surface area contributed by atoms with Crippen LogP contribution in [0, 0.1) is 10.1 Å². The van der Waals surface area contributed by atoms with Gasteiger partial charge in [0.1, 0.15) is 23.7 Å². The highest BCUT2D eigenvalue weighted by Crippen LogP contribution is 2.28. The van der Waals surface area contributed by atoms with Crippen molar-refractivity contribution in [3.63, 3.8) is 0 Å². The molecular formula is C10H9ClN4O3. The standard InChI is InChI=1S/C10H9ClN4O3/c1-14-6-12-13-10(14)5-18-7-2-3-9(15(16)17)8(11)4-7/h2-4,6H,5H2,1H3. The van der Waals surface area contributed by atoms with Crippen molar-refractivity contribution >= 4 is 17.3 Å². The third-order valence-electron chi connectivity index (χ3n) is 2.29. The van der Waals surface area contributed by atoms with Gasteiger partial charge in [-0.3, -0.25) is 10.1 Å². The van der Waals surface area contributed by atoms with E-state index < -0.39 is 4.92 Å². The number of hydrogen-bond acceptors (Lipinski definition) is 5. The quantitative estimate of drug-likeness (QED) is 0.625. The van der Waals surface area contributed by atoms with Gasteiger partial charge in [0.15, 0.2) is 5.82 Å². The van der Waals surface area contributed by atoms with Crippen LogP contribution < -0.4 is 4.74 Å². The number of nitrogens with zero attached hydrogens (tertiary/aromatic N) is 4. The van der Waals surface area contributed by atoms with E-state index in [1.807, 2.05) is 0 Å². The van der Waals surface area contributed by atoms with Gasteiger partial charge in [0.2, 0.25) is 0 Å². The average Bonchev–Trinajstić information content (AvgIpc) is 2.72. The van der Waals surface area contributed by atoms with Crippen molar-refractivity contribution in [3.8, 4) is 5.75 Å². The Bertz CT molecular complexity index is 584. The normalized spacial score (nSPS) is 10.3. The largest absolute Gasteiger partial charge is 0.486 e. The first-order valence-electron chi connectivity index (χ1n) is 4.97. The molecule has 0 aliphatic carbocycles. The SMILES string of the molecule is Cn1cnnc1COc1ccc([N+](=O)[O-])c(Cl)c1. The molecule has 0 N–H and O–H groups in total. The van der Waals surface area contributed by atoms with Crippen LogP contribution in [0.25, 0.3) is 0 Å². The molecule has 0 saturated carbocycles. The molecule has 1 heterocycles. The van der Waals surface area contributed by atoms with E-state index in [-0.39, 0.29) is 17.3 Å². The van der Waals surface area contributed by atoms with Crippen molar-refractivity contribution in [2.75, 3.05) is 0 Å². The predicted molar refractivity (Wildman–Crippen MR) is 63.4 cm³/mol. The molecule has 0 radical (unpaired) electrons. The summed E-state index contributed by atoms with van der Waals surface area (Å²) in [6, 6.07) is 4.19. The van der Waals surface area contributed by atoms with E-state index in [1.54, 1.807) is 17.9 Å². The van der Waals surface area contributed by atoms with E-state index >= 15 is 0 Å². The molecule has 94 valence electrons. The summed E-state index contributed by atoms with van der Waals surface area (Å²) in [7, 11) is 1.79. The van der Waals surface area contributed by atoms with Crippen LogP contribution in [0.5, 0.6) is 5.75 Å². The van der Waals surface area contributed by atoms with Crippen molar-refractivity contribution in [1.82, 2.24) is 14.8 Å². The molecule has 0 saturated heterocycles. The lowest BCUT2D eigenvalue weighted by Gasteiger charge is -2.05. The van der Waals surface area contributed by atoms with Gasteiger partial charge < -0.3 is 9.30 Å². The molecular weight excluding hydrogens is 260 g/mol. The van der Waals surface area contributed by atoms with E-state index in [1.165, 1.54) is 18.2 Å². The predicted octanol–water partition coefficient (Wildman–Crippen LogP) is 1.96. The lowest BCUT2D eigenvalue weighted by Crippen LogP contribution is -2.03. The van der Waals surface area contributed by atoms with Gasteiger partial charge in [-0.15, -0.1) is 10.2 Å². The van der Waals surface area contributed by atoms with E-state index in [0.717, 1.165) is 0 Å². The second kappa shape index (κ2) is 5.01. The molecule has 0 aliphatic heterocycles. The van der Waals surface area contributed by atoms with Crippen LogP contribution in [0.4, 0.5) is 5.69 Å². The number of nitro benzene ring substituents is 1. The Labute approximate surface area is 107 Å². The fourth-order valence-corrected chi connectivity index (χ4v) is 1.55. The van der Waals surface area contributed by atoms with Gasteiger partial charge in [-0.05, 0) is 6.07 Å². The van der Waals surface area contributed by atoms with Gasteiger partial charge in [-0.1, -0.05) is 11.6 Å². The summed E-state index contributed by atoms with van der Waals surface area (Å²) in [6.07, 6.45) is 1.56.